The van der Waals surface area contributed by atoms with Crippen LogP contribution in [0.3, 0.4) is 0 Å². The van der Waals surface area contributed by atoms with Crippen molar-refractivity contribution in [3.63, 3.8) is 0 Å². The van der Waals surface area contributed by atoms with E-state index in [1.165, 1.54) is 13.8 Å². The highest BCUT2D eigenvalue weighted by Crippen LogP contribution is 2.27. The third kappa shape index (κ3) is 3.53. The van der Waals surface area contributed by atoms with Gasteiger partial charge in [-0.2, -0.15) is 4.98 Å². The topological polar surface area (TPSA) is 119 Å². The number of aryl methyl sites for hydroxylation is 1. The molecule has 0 aromatic carbocycles. The predicted octanol–water partition coefficient (Wildman–Crippen LogP) is 1.10. The van der Waals surface area contributed by atoms with Crippen LogP contribution in [0.25, 0.3) is 0 Å². The Balaban J connectivity index is 3.11. The van der Waals surface area contributed by atoms with Gasteiger partial charge in [0.15, 0.2) is 0 Å². The molecule has 0 saturated carbocycles. The first-order valence-corrected chi connectivity index (χ1v) is 6.04. The lowest BCUT2D eigenvalue weighted by molar-refractivity contribution is -0.385. The van der Waals surface area contributed by atoms with Crippen LogP contribution >= 0.6 is 0 Å². The van der Waals surface area contributed by atoms with E-state index in [1.807, 2.05) is 0 Å². The largest absolute Gasteiger partial charge is 0.464 e. The molecule has 9 nitrogen and oxygen atoms in total. The van der Waals surface area contributed by atoms with E-state index in [2.05, 4.69) is 20.6 Å². The van der Waals surface area contributed by atoms with Crippen LogP contribution in [0.4, 0.5) is 17.5 Å². The Bertz CT molecular complexity index is 520. The van der Waals surface area contributed by atoms with Gasteiger partial charge in [-0.15, -0.1) is 0 Å². The molecule has 0 fully saturated rings. The van der Waals surface area contributed by atoms with Crippen LogP contribution in [0, 0.1) is 17.0 Å². The second-order valence-corrected chi connectivity index (χ2v) is 3.96. The van der Waals surface area contributed by atoms with Crippen molar-refractivity contribution in [3.8, 4) is 0 Å². The van der Waals surface area contributed by atoms with E-state index < -0.39 is 16.9 Å². The van der Waals surface area contributed by atoms with Crippen molar-refractivity contribution in [1.82, 2.24) is 9.97 Å². The number of aromatic nitrogens is 2. The Morgan fingerprint density at radius 3 is 2.65 bits per heavy atom. The number of anilines is 2. The molecule has 0 spiro atoms. The van der Waals surface area contributed by atoms with Crippen molar-refractivity contribution in [3.05, 3.63) is 15.8 Å². The van der Waals surface area contributed by atoms with E-state index >= 15 is 0 Å². The van der Waals surface area contributed by atoms with Gasteiger partial charge in [0.05, 0.1) is 11.5 Å². The van der Waals surface area contributed by atoms with Gasteiger partial charge in [-0.1, -0.05) is 0 Å². The predicted molar refractivity (Wildman–Crippen MR) is 72.7 cm³/mol. The van der Waals surface area contributed by atoms with Crippen molar-refractivity contribution >= 4 is 23.4 Å². The first-order valence-electron chi connectivity index (χ1n) is 6.04. The van der Waals surface area contributed by atoms with E-state index in [-0.39, 0.29) is 29.8 Å². The molecular weight excluding hydrogens is 266 g/mol. The number of nitro groups is 1. The van der Waals surface area contributed by atoms with Gasteiger partial charge in [-0.3, -0.25) is 10.1 Å². The fourth-order valence-corrected chi connectivity index (χ4v) is 1.53. The standard InChI is InChI=1S/C11H17N5O4/c1-5-20-10(17)7(3)13-9-8(16(18)19)6(2)14-11(12-4)15-9/h7H,5H2,1-4H3,(H2,12,13,14,15). The molecule has 1 heterocycles. The lowest BCUT2D eigenvalue weighted by atomic mass is 10.3. The molecule has 0 aliphatic rings. The summed E-state index contributed by atoms with van der Waals surface area (Å²) in [5.41, 5.74) is -0.0620. The summed E-state index contributed by atoms with van der Waals surface area (Å²) in [4.78, 5) is 29.9. The molecule has 110 valence electrons. The molecular formula is C11H17N5O4. The highest BCUT2D eigenvalue weighted by atomic mass is 16.6. The third-order valence-corrected chi connectivity index (χ3v) is 2.46. The molecule has 0 radical (unpaired) electrons. The molecule has 9 heteroatoms. The zero-order valence-corrected chi connectivity index (χ0v) is 11.8. The SMILES string of the molecule is CCOC(=O)C(C)Nc1nc(NC)nc(C)c1[N+](=O)[O-]. The smallest absolute Gasteiger partial charge is 0.332 e. The van der Waals surface area contributed by atoms with Crippen molar-refractivity contribution in [2.24, 2.45) is 0 Å². The van der Waals surface area contributed by atoms with Gasteiger partial charge in [-0.05, 0) is 20.8 Å². The molecule has 1 aromatic rings. The second-order valence-electron chi connectivity index (χ2n) is 3.96. The molecule has 1 atom stereocenters. The molecule has 1 aromatic heterocycles. The molecule has 2 N–H and O–H groups in total. The van der Waals surface area contributed by atoms with Crippen LogP contribution in [0.5, 0.6) is 0 Å². The summed E-state index contributed by atoms with van der Waals surface area (Å²) in [6.45, 7) is 4.96. The maximum Gasteiger partial charge on any atom is 0.332 e. The number of nitrogens with zero attached hydrogens (tertiary/aromatic N) is 3. The van der Waals surface area contributed by atoms with E-state index in [0.717, 1.165) is 0 Å². The van der Waals surface area contributed by atoms with Crippen molar-refractivity contribution in [2.75, 3.05) is 24.3 Å². The zero-order valence-electron chi connectivity index (χ0n) is 11.8. The van der Waals surface area contributed by atoms with E-state index in [4.69, 9.17) is 4.74 Å². The summed E-state index contributed by atoms with van der Waals surface area (Å²) >= 11 is 0. The Labute approximate surface area is 115 Å². The molecule has 0 aliphatic heterocycles. The fraction of sp³-hybridized carbons (Fsp3) is 0.545. The summed E-state index contributed by atoms with van der Waals surface area (Å²) in [5, 5.41) is 16.5. The van der Waals surface area contributed by atoms with Crippen LogP contribution in [0.2, 0.25) is 0 Å². The highest BCUT2D eigenvalue weighted by Gasteiger charge is 2.25. The van der Waals surface area contributed by atoms with E-state index in [1.54, 1.807) is 14.0 Å². The minimum atomic E-state index is -0.757. The summed E-state index contributed by atoms with van der Waals surface area (Å²) in [7, 11) is 1.60. The molecule has 1 rings (SSSR count). The number of carbonyl (C=O) groups is 1. The Morgan fingerprint density at radius 2 is 2.15 bits per heavy atom. The molecule has 0 saturated heterocycles. The number of esters is 1. The number of carbonyl (C=O) groups excluding carboxylic acids is 1. The van der Waals surface area contributed by atoms with E-state index in [9.17, 15) is 14.9 Å². The monoisotopic (exact) mass is 283 g/mol. The van der Waals surface area contributed by atoms with Gasteiger partial charge in [-0.25, -0.2) is 9.78 Å². The van der Waals surface area contributed by atoms with Crippen LogP contribution in [0.1, 0.15) is 19.5 Å². The average molecular weight is 283 g/mol. The number of hydrogen-bond acceptors (Lipinski definition) is 8. The minimum absolute atomic E-state index is 0.0209. The van der Waals surface area contributed by atoms with Crippen LogP contribution in [-0.4, -0.2) is 40.6 Å². The molecule has 1 unspecified atom stereocenters. The summed E-state index contributed by atoms with van der Waals surface area (Å²) in [5.74, 6) is -0.303. The summed E-state index contributed by atoms with van der Waals surface area (Å²) in [6.07, 6.45) is 0. The number of nitrogens with one attached hydrogen (secondary N) is 2. The maximum atomic E-state index is 11.6. The van der Waals surface area contributed by atoms with Crippen LogP contribution in [-0.2, 0) is 9.53 Å². The average Bonchev–Trinajstić information content (AvgIpc) is 2.37. The van der Waals surface area contributed by atoms with Gasteiger partial charge < -0.3 is 15.4 Å². The second kappa shape index (κ2) is 6.64. The van der Waals surface area contributed by atoms with E-state index in [0.29, 0.717) is 0 Å². The number of rotatable bonds is 6. The normalized spacial score (nSPS) is 11.6. The zero-order chi connectivity index (χ0) is 15.3. The maximum absolute atomic E-state index is 11.6. The fourth-order valence-electron chi connectivity index (χ4n) is 1.53. The molecule has 0 aliphatic carbocycles. The third-order valence-electron chi connectivity index (χ3n) is 2.46. The van der Waals surface area contributed by atoms with Gasteiger partial charge in [0.25, 0.3) is 0 Å². The van der Waals surface area contributed by atoms with Gasteiger partial charge >= 0.3 is 11.7 Å². The lowest BCUT2D eigenvalue weighted by Gasteiger charge is -2.14. The number of hydrogen-bond donors (Lipinski definition) is 2. The molecule has 0 amide bonds. The van der Waals surface area contributed by atoms with Crippen molar-refractivity contribution in [1.29, 1.82) is 0 Å². The Morgan fingerprint density at radius 1 is 1.50 bits per heavy atom. The van der Waals surface area contributed by atoms with Crippen molar-refractivity contribution in [2.45, 2.75) is 26.8 Å². The lowest BCUT2D eigenvalue weighted by Crippen LogP contribution is -2.29. The minimum Gasteiger partial charge on any atom is -0.464 e. The van der Waals surface area contributed by atoms with Crippen LogP contribution in [0.15, 0.2) is 0 Å². The Kier molecular flexibility index (Phi) is 5.18. The summed E-state index contributed by atoms with van der Waals surface area (Å²) < 4.78 is 4.83. The Hall–Kier alpha value is -2.45. The highest BCUT2D eigenvalue weighted by molar-refractivity contribution is 5.79. The number of ether oxygens (including phenoxy) is 1. The summed E-state index contributed by atoms with van der Waals surface area (Å²) in [6, 6.07) is -0.757. The first-order chi connectivity index (χ1) is 9.40. The first kappa shape index (κ1) is 15.6. The van der Waals surface area contributed by atoms with Crippen LogP contribution < -0.4 is 10.6 Å². The van der Waals surface area contributed by atoms with Gasteiger partial charge in [0, 0.05) is 7.05 Å². The van der Waals surface area contributed by atoms with Crippen molar-refractivity contribution < 1.29 is 14.5 Å². The quantitative estimate of drug-likeness (QED) is 0.452. The molecule has 0 bridgehead atoms. The molecule has 20 heavy (non-hydrogen) atoms. The van der Waals surface area contributed by atoms with Gasteiger partial charge in [0.1, 0.15) is 11.7 Å². The van der Waals surface area contributed by atoms with Gasteiger partial charge in [0.2, 0.25) is 11.8 Å².